The third kappa shape index (κ3) is 5.96. The average molecular weight is 771 g/mol. The van der Waals surface area contributed by atoms with Gasteiger partial charge < -0.3 is 29.3 Å². The van der Waals surface area contributed by atoms with Crippen LogP contribution >= 0.6 is 15.9 Å². The Kier molecular flexibility index (Phi) is 9.88. The molecule has 0 aliphatic carbocycles. The molecule has 272 valence electrons. The van der Waals surface area contributed by atoms with Crippen LogP contribution in [0.15, 0.2) is 95.5 Å². The van der Waals surface area contributed by atoms with Gasteiger partial charge in [-0.05, 0) is 53.8 Å². The van der Waals surface area contributed by atoms with Crippen molar-refractivity contribution in [2.24, 2.45) is 17.8 Å². The van der Waals surface area contributed by atoms with E-state index in [4.69, 9.17) is 9.47 Å². The molecule has 1 N–H and O–H groups in total. The molecule has 2 fully saturated rings. The van der Waals surface area contributed by atoms with Crippen LogP contribution in [0.2, 0.25) is 0 Å². The van der Waals surface area contributed by atoms with E-state index in [9.17, 15) is 19.5 Å². The SMILES string of the molecule is CC(C)[C@H](CO)N1C(=O)[C@H]2[C@@H]3C(=O)O[C@H](c4ccccc4)[C@@H](C)N(C)C(=O)CC/C=C\CN(c4ccc5ccccc5c4)C(=O)[C@H]1[C@@]21C=C(Br)[C@@H]3O1. The van der Waals surface area contributed by atoms with E-state index in [1.165, 1.54) is 4.90 Å². The van der Waals surface area contributed by atoms with E-state index in [1.54, 1.807) is 22.9 Å². The molecule has 11 heteroatoms. The number of nitrogens with zero attached hydrogens (tertiary/aromatic N) is 3. The number of carbonyl (C=O) groups excluding carboxylic acids is 4. The van der Waals surface area contributed by atoms with Gasteiger partial charge in [-0.15, -0.1) is 0 Å². The summed E-state index contributed by atoms with van der Waals surface area (Å²) in [5.41, 5.74) is -0.199. The topological polar surface area (TPSA) is 117 Å². The number of ether oxygens (including phenoxy) is 2. The number of hydrogen-bond donors (Lipinski definition) is 1. The Balaban J connectivity index is 1.39. The zero-order valence-corrected chi connectivity index (χ0v) is 31.3. The second-order valence-corrected chi connectivity index (χ2v) is 15.5. The fourth-order valence-electron chi connectivity index (χ4n) is 8.40. The summed E-state index contributed by atoms with van der Waals surface area (Å²) in [7, 11) is 1.70. The Morgan fingerprint density at radius 2 is 1.63 bits per heavy atom. The first-order valence-corrected chi connectivity index (χ1v) is 18.7. The molecule has 7 rings (SSSR count). The summed E-state index contributed by atoms with van der Waals surface area (Å²) >= 11 is 3.64. The van der Waals surface area contributed by atoms with Crippen LogP contribution in [0.5, 0.6) is 0 Å². The Morgan fingerprint density at radius 1 is 0.923 bits per heavy atom. The summed E-state index contributed by atoms with van der Waals surface area (Å²) in [5, 5.41) is 12.7. The minimum Gasteiger partial charge on any atom is -0.455 e. The summed E-state index contributed by atoms with van der Waals surface area (Å²) in [5.74, 6) is -4.05. The largest absolute Gasteiger partial charge is 0.455 e. The number of likely N-dealkylation sites (tertiary alicyclic amines) is 1. The van der Waals surface area contributed by atoms with Gasteiger partial charge in [-0.1, -0.05) is 103 Å². The van der Waals surface area contributed by atoms with Gasteiger partial charge in [-0.25, -0.2) is 0 Å². The predicted octanol–water partition coefficient (Wildman–Crippen LogP) is 5.54. The van der Waals surface area contributed by atoms with Gasteiger partial charge in [0.25, 0.3) is 5.91 Å². The van der Waals surface area contributed by atoms with Gasteiger partial charge in [-0.3, -0.25) is 19.2 Å². The van der Waals surface area contributed by atoms with Crippen LogP contribution in [0, 0.1) is 17.8 Å². The maximum atomic E-state index is 15.3. The first kappa shape index (κ1) is 36.1. The van der Waals surface area contributed by atoms with Crippen LogP contribution < -0.4 is 4.90 Å². The van der Waals surface area contributed by atoms with Crippen molar-refractivity contribution in [1.82, 2.24) is 9.80 Å². The number of aliphatic hydroxyl groups excluding tert-OH is 1. The predicted molar refractivity (Wildman–Crippen MR) is 200 cm³/mol. The van der Waals surface area contributed by atoms with Gasteiger partial charge in [-0.2, -0.15) is 0 Å². The molecule has 4 aliphatic heterocycles. The van der Waals surface area contributed by atoms with E-state index in [-0.39, 0.29) is 31.4 Å². The molecule has 3 aromatic rings. The second kappa shape index (κ2) is 14.2. The van der Waals surface area contributed by atoms with E-state index in [1.807, 2.05) is 106 Å². The second-order valence-electron chi connectivity index (χ2n) is 14.6. The highest BCUT2D eigenvalue weighted by Crippen LogP contribution is 2.59. The lowest BCUT2D eigenvalue weighted by atomic mass is 9.74. The highest BCUT2D eigenvalue weighted by atomic mass is 79.9. The number of amides is 3. The number of fused-ring (bicyclic) bond motifs is 3. The molecular weight excluding hydrogens is 726 g/mol. The number of rotatable bonds is 5. The Hall–Kier alpha value is -4.32. The van der Waals surface area contributed by atoms with Gasteiger partial charge in [0.2, 0.25) is 11.8 Å². The third-order valence-corrected chi connectivity index (χ3v) is 12.0. The number of likely N-dealkylation sites (N-methyl/N-ethyl adjacent to an activating group) is 1. The fourth-order valence-corrected chi connectivity index (χ4v) is 9.14. The molecule has 10 nitrogen and oxygen atoms in total. The Labute approximate surface area is 312 Å². The van der Waals surface area contributed by atoms with Crippen molar-refractivity contribution in [1.29, 1.82) is 0 Å². The zero-order valence-electron chi connectivity index (χ0n) is 29.7. The molecule has 3 amide bonds. The first-order chi connectivity index (χ1) is 25.0. The van der Waals surface area contributed by atoms with Crippen molar-refractivity contribution in [2.75, 3.05) is 25.1 Å². The van der Waals surface area contributed by atoms with E-state index in [0.717, 1.165) is 10.8 Å². The van der Waals surface area contributed by atoms with Gasteiger partial charge in [0.05, 0.1) is 24.6 Å². The van der Waals surface area contributed by atoms with Crippen molar-refractivity contribution in [3.05, 3.63) is 101 Å². The Morgan fingerprint density at radius 3 is 2.35 bits per heavy atom. The van der Waals surface area contributed by atoms with Gasteiger partial charge in [0, 0.05) is 30.2 Å². The number of aliphatic hydroxyl groups is 1. The van der Waals surface area contributed by atoms with Crippen LogP contribution in [-0.4, -0.2) is 88.6 Å². The number of cyclic esters (lactones) is 1. The number of halogens is 1. The van der Waals surface area contributed by atoms with Gasteiger partial charge >= 0.3 is 5.97 Å². The number of allylic oxidation sites excluding steroid dienone is 1. The molecule has 0 radical (unpaired) electrons. The Bertz CT molecular complexity index is 1950. The summed E-state index contributed by atoms with van der Waals surface area (Å²) in [6.45, 7) is 5.39. The normalized spacial score (nSPS) is 30.9. The minimum absolute atomic E-state index is 0.123. The van der Waals surface area contributed by atoms with E-state index in [0.29, 0.717) is 22.2 Å². The van der Waals surface area contributed by atoms with Crippen LogP contribution in [0.4, 0.5) is 5.69 Å². The third-order valence-electron chi connectivity index (χ3n) is 11.3. The maximum Gasteiger partial charge on any atom is 0.313 e. The molecule has 52 heavy (non-hydrogen) atoms. The highest BCUT2D eigenvalue weighted by Gasteiger charge is 2.75. The number of hydrogen-bond acceptors (Lipinski definition) is 7. The minimum atomic E-state index is -1.52. The molecule has 2 saturated heterocycles. The van der Waals surface area contributed by atoms with Crippen LogP contribution in [-0.2, 0) is 28.7 Å². The maximum absolute atomic E-state index is 15.3. The van der Waals surface area contributed by atoms with E-state index >= 15 is 4.79 Å². The van der Waals surface area contributed by atoms with Crippen molar-refractivity contribution < 1.29 is 33.8 Å². The van der Waals surface area contributed by atoms with Crippen LogP contribution in [0.25, 0.3) is 10.8 Å². The van der Waals surface area contributed by atoms with Crippen molar-refractivity contribution >= 4 is 56.1 Å². The van der Waals surface area contributed by atoms with Crippen LogP contribution in [0.3, 0.4) is 0 Å². The molecule has 4 heterocycles. The lowest BCUT2D eigenvalue weighted by Crippen LogP contribution is -2.59. The molecule has 5 bridgehead atoms. The summed E-state index contributed by atoms with van der Waals surface area (Å²) < 4.78 is 13.6. The molecule has 0 saturated carbocycles. The van der Waals surface area contributed by atoms with Crippen LogP contribution in [0.1, 0.15) is 45.3 Å². The monoisotopic (exact) mass is 769 g/mol. The van der Waals surface area contributed by atoms with E-state index < -0.39 is 65.6 Å². The molecular formula is C41H44BrN3O7. The number of benzene rings is 3. The number of carbonyl (C=O) groups is 4. The highest BCUT2D eigenvalue weighted by molar-refractivity contribution is 9.11. The standard InChI is InChI=1S/C41H44BrN3O7/c1-24(2)31(23-46)45-37-39(49)44(29-19-18-26-13-10-11-16-28(26)21-29)20-12-6-9-17-32(47)43(4)25(3)35(27-14-7-5-8-15-27)51-40(50)33-34(38(45)48)41(37)22-30(42)36(33)52-41/h5-8,10-16,18-19,21-22,24-25,31,33-37,46H,9,17,20,23H2,1-4H3/b12-6-/t25-,31+,33+,34-,35+,36+,37+,41-/m1/s1. The zero-order chi connectivity index (χ0) is 36.9. The lowest BCUT2D eigenvalue weighted by Gasteiger charge is -2.40. The molecule has 0 unspecified atom stereocenters. The lowest BCUT2D eigenvalue weighted by molar-refractivity contribution is -0.164. The fraction of sp³-hybridized carbons (Fsp3) is 0.415. The molecule has 4 aliphatic rings. The molecule has 8 atom stereocenters. The van der Waals surface area contributed by atoms with Crippen molar-refractivity contribution in [3.8, 4) is 0 Å². The average Bonchev–Trinajstić information content (AvgIpc) is 3.74. The first-order valence-electron chi connectivity index (χ1n) is 17.9. The smallest absolute Gasteiger partial charge is 0.313 e. The molecule has 3 aromatic carbocycles. The van der Waals surface area contributed by atoms with E-state index in [2.05, 4.69) is 15.9 Å². The molecule has 1 spiro atoms. The summed E-state index contributed by atoms with van der Waals surface area (Å²) in [6.07, 6.45) is 4.45. The van der Waals surface area contributed by atoms with Crippen molar-refractivity contribution in [2.45, 2.75) is 69.5 Å². The number of anilines is 1. The quantitative estimate of drug-likeness (QED) is 0.268. The van der Waals surface area contributed by atoms with Gasteiger partial charge in [0.1, 0.15) is 29.8 Å². The molecule has 0 aromatic heterocycles. The van der Waals surface area contributed by atoms with Crippen molar-refractivity contribution in [3.63, 3.8) is 0 Å². The summed E-state index contributed by atoms with van der Waals surface area (Å²) in [4.78, 5) is 63.0. The summed E-state index contributed by atoms with van der Waals surface area (Å²) in [6, 6.07) is 20.4. The number of esters is 1. The van der Waals surface area contributed by atoms with Gasteiger partial charge in [0.15, 0.2) is 0 Å².